The lowest BCUT2D eigenvalue weighted by molar-refractivity contribution is -0.132. The molecule has 0 bridgehead atoms. The molecule has 0 atom stereocenters. The van der Waals surface area contributed by atoms with E-state index in [1.54, 1.807) is 27.2 Å². The summed E-state index contributed by atoms with van der Waals surface area (Å²) in [5, 5.41) is 5.89. The van der Waals surface area contributed by atoms with Gasteiger partial charge >= 0.3 is 4.87 Å². The number of hydrogen-bond donors (Lipinski definition) is 0. The first-order valence-electron chi connectivity index (χ1n) is 7.61. The zero-order chi connectivity index (χ0) is 16.9. The van der Waals surface area contributed by atoms with Crippen LogP contribution in [0.15, 0.2) is 45.2 Å². The van der Waals surface area contributed by atoms with E-state index in [4.69, 9.17) is 0 Å². The van der Waals surface area contributed by atoms with Gasteiger partial charge in [0.05, 0.1) is 13.1 Å². The summed E-state index contributed by atoms with van der Waals surface area (Å²) >= 11 is 4.50. The van der Waals surface area contributed by atoms with Gasteiger partial charge in [0, 0.05) is 33.8 Å². The highest BCUT2D eigenvalue weighted by Crippen LogP contribution is 2.18. The van der Waals surface area contributed by atoms with Crippen LogP contribution in [0.25, 0.3) is 0 Å². The Morgan fingerprint density at radius 2 is 1.71 bits per heavy atom. The Morgan fingerprint density at radius 3 is 2.17 bits per heavy atom. The molecule has 0 aliphatic heterocycles. The molecule has 0 saturated carbocycles. The van der Waals surface area contributed by atoms with Crippen LogP contribution in [0.2, 0.25) is 0 Å². The summed E-state index contributed by atoms with van der Waals surface area (Å²) in [6, 6.07) is 8.10. The van der Waals surface area contributed by atoms with E-state index in [1.807, 2.05) is 52.2 Å². The van der Waals surface area contributed by atoms with Crippen LogP contribution in [0.3, 0.4) is 0 Å². The minimum Gasteiger partial charge on any atom is -0.332 e. The van der Waals surface area contributed by atoms with E-state index in [0.29, 0.717) is 26.1 Å². The SMILES string of the molecule is Cc1csc(=O)n1CCC(=O)N(Cc1cccs1)Cc1cccs1. The molecule has 7 heteroatoms. The van der Waals surface area contributed by atoms with Crippen LogP contribution in [0.4, 0.5) is 0 Å². The molecule has 0 saturated heterocycles. The molecule has 24 heavy (non-hydrogen) atoms. The van der Waals surface area contributed by atoms with Crippen molar-refractivity contribution in [3.8, 4) is 0 Å². The van der Waals surface area contributed by atoms with Gasteiger partial charge in [-0.05, 0) is 29.8 Å². The third-order valence-electron chi connectivity index (χ3n) is 3.73. The van der Waals surface area contributed by atoms with Gasteiger partial charge in [-0.2, -0.15) is 0 Å². The molecule has 1 amide bonds. The van der Waals surface area contributed by atoms with Gasteiger partial charge in [0.15, 0.2) is 0 Å². The topological polar surface area (TPSA) is 42.3 Å². The van der Waals surface area contributed by atoms with Crippen molar-refractivity contribution in [2.45, 2.75) is 33.0 Å². The third kappa shape index (κ3) is 4.23. The molecule has 3 aromatic heterocycles. The monoisotopic (exact) mass is 378 g/mol. The first-order chi connectivity index (χ1) is 11.6. The number of rotatable bonds is 7. The van der Waals surface area contributed by atoms with E-state index in [9.17, 15) is 9.59 Å². The number of nitrogens with zero attached hydrogens (tertiary/aromatic N) is 2. The molecule has 0 radical (unpaired) electrons. The number of thiazole rings is 1. The molecule has 0 aromatic carbocycles. The fourth-order valence-electron chi connectivity index (χ4n) is 2.45. The number of aryl methyl sites for hydroxylation is 1. The zero-order valence-electron chi connectivity index (χ0n) is 13.3. The Hall–Kier alpha value is -1.70. The van der Waals surface area contributed by atoms with E-state index in [2.05, 4.69) is 0 Å². The van der Waals surface area contributed by atoms with Crippen molar-refractivity contribution < 1.29 is 4.79 Å². The van der Waals surface area contributed by atoms with Gasteiger partial charge < -0.3 is 9.47 Å². The van der Waals surface area contributed by atoms with Crippen molar-refractivity contribution >= 4 is 39.9 Å². The second-order valence-corrected chi connectivity index (χ2v) is 8.34. The number of amides is 1. The molecule has 0 aliphatic rings. The number of carbonyl (C=O) groups is 1. The van der Waals surface area contributed by atoms with Crippen molar-refractivity contribution in [2.75, 3.05) is 0 Å². The molecule has 3 heterocycles. The second-order valence-electron chi connectivity index (χ2n) is 5.45. The van der Waals surface area contributed by atoms with E-state index in [0.717, 1.165) is 5.69 Å². The average Bonchev–Trinajstić information content (AvgIpc) is 3.30. The Labute approximate surface area is 152 Å². The Balaban J connectivity index is 1.69. The van der Waals surface area contributed by atoms with Crippen molar-refractivity contribution in [3.05, 3.63) is 65.5 Å². The second kappa shape index (κ2) is 7.92. The summed E-state index contributed by atoms with van der Waals surface area (Å²) in [4.78, 5) is 28.8. The minimum absolute atomic E-state index is 0.00311. The summed E-state index contributed by atoms with van der Waals surface area (Å²) < 4.78 is 1.68. The zero-order valence-corrected chi connectivity index (χ0v) is 15.8. The largest absolute Gasteiger partial charge is 0.332 e. The molecule has 0 N–H and O–H groups in total. The van der Waals surface area contributed by atoms with Crippen molar-refractivity contribution in [1.29, 1.82) is 0 Å². The lowest BCUT2D eigenvalue weighted by Crippen LogP contribution is -2.31. The molecule has 0 fully saturated rings. The quantitative estimate of drug-likeness (QED) is 0.624. The lowest BCUT2D eigenvalue weighted by Gasteiger charge is -2.22. The molecule has 0 aliphatic carbocycles. The van der Waals surface area contributed by atoms with Crippen LogP contribution < -0.4 is 4.87 Å². The first-order valence-corrected chi connectivity index (χ1v) is 10.2. The molecular weight excluding hydrogens is 360 g/mol. The van der Waals surface area contributed by atoms with Crippen LogP contribution in [0.5, 0.6) is 0 Å². The molecule has 3 aromatic rings. The Bertz CT molecular complexity index is 795. The average molecular weight is 379 g/mol. The highest BCUT2D eigenvalue weighted by Gasteiger charge is 2.16. The normalized spacial score (nSPS) is 10.9. The predicted molar refractivity (Wildman–Crippen MR) is 101 cm³/mol. The molecule has 3 rings (SSSR count). The van der Waals surface area contributed by atoms with Crippen molar-refractivity contribution in [1.82, 2.24) is 9.47 Å². The highest BCUT2D eigenvalue weighted by atomic mass is 32.1. The summed E-state index contributed by atoms with van der Waals surface area (Å²) in [5.74, 6) is 0.0781. The number of hydrogen-bond acceptors (Lipinski definition) is 5. The van der Waals surface area contributed by atoms with Crippen LogP contribution in [-0.2, 0) is 24.4 Å². The number of aromatic nitrogens is 1. The molecule has 4 nitrogen and oxygen atoms in total. The van der Waals surface area contributed by atoms with Gasteiger partial charge in [-0.15, -0.1) is 22.7 Å². The predicted octanol–water partition coefficient (Wildman–Crippen LogP) is 3.96. The standard InChI is InChI=1S/C17H18N2O2S3/c1-13-12-24-17(21)19(13)7-6-16(20)18(10-14-4-2-8-22-14)11-15-5-3-9-23-15/h2-5,8-9,12H,6-7,10-11H2,1H3. The lowest BCUT2D eigenvalue weighted by atomic mass is 10.3. The van der Waals surface area contributed by atoms with Gasteiger partial charge in [0.25, 0.3) is 0 Å². The third-order valence-corrected chi connectivity index (χ3v) is 6.34. The van der Waals surface area contributed by atoms with E-state index in [-0.39, 0.29) is 10.8 Å². The van der Waals surface area contributed by atoms with Gasteiger partial charge in [0.2, 0.25) is 5.91 Å². The van der Waals surface area contributed by atoms with E-state index < -0.39 is 0 Å². The summed E-state index contributed by atoms with van der Waals surface area (Å²) in [5.41, 5.74) is 0.917. The van der Waals surface area contributed by atoms with E-state index in [1.165, 1.54) is 21.1 Å². The fraction of sp³-hybridized carbons (Fsp3) is 0.294. The smallest absolute Gasteiger partial charge is 0.307 e. The van der Waals surface area contributed by atoms with Gasteiger partial charge in [-0.25, -0.2) is 0 Å². The maximum absolute atomic E-state index is 12.7. The Morgan fingerprint density at radius 1 is 1.08 bits per heavy atom. The highest BCUT2D eigenvalue weighted by molar-refractivity contribution is 7.10. The Kier molecular flexibility index (Phi) is 5.65. The van der Waals surface area contributed by atoms with E-state index >= 15 is 0 Å². The summed E-state index contributed by atoms with van der Waals surface area (Å²) in [6.07, 6.45) is 0.341. The summed E-state index contributed by atoms with van der Waals surface area (Å²) in [7, 11) is 0. The maximum atomic E-state index is 12.7. The number of thiophene rings is 2. The number of carbonyl (C=O) groups excluding carboxylic acids is 1. The molecule has 126 valence electrons. The first kappa shape index (κ1) is 17.1. The maximum Gasteiger partial charge on any atom is 0.307 e. The van der Waals surface area contributed by atoms with Gasteiger partial charge in [-0.1, -0.05) is 23.5 Å². The van der Waals surface area contributed by atoms with Crippen LogP contribution in [0.1, 0.15) is 21.9 Å². The van der Waals surface area contributed by atoms with Gasteiger partial charge in [-0.3, -0.25) is 9.59 Å². The minimum atomic E-state index is 0.00311. The van der Waals surface area contributed by atoms with Crippen LogP contribution >= 0.6 is 34.0 Å². The van der Waals surface area contributed by atoms with Crippen molar-refractivity contribution in [2.24, 2.45) is 0 Å². The van der Waals surface area contributed by atoms with Crippen LogP contribution in [0, 0.1) is 6.92 Å². The van der Waals surface area contributed by atoms with Crippen molar-refractivity contribution in [3.63, 3.8) is 0 Å². The van der Waals surface area contributed by atoms with Gasteiger partial charge in [0.1, 0.15) is 0 Å². The summed E-state index contributed by atoms with van der Waals surface area (Å²) in [6.45, 7) is 3.58. The fourth-order valence-corrected chi connectivity index (χ4v) is 4.65. The molecular formula is C17H18N2O2S3. The molecule has 0 unspecified atom stereocenters. The van der Waals surface area contributed by atoms with Crippen LogP contribution in [-0.4, -0.2) is 15.4 Å². The molecule has 0 spiro atoms.